The number of piperidine rings is 2. The van der Waals surface area contributed by atoms with Crippen LogP contribution in [0.1, 0.15) is 88.1 Å². The first-order valence-corrected chi connectivity index (χ1v) is 20.6. The molecule has 58 heavy (non-hydrogen) atoms. The molecule has 1 saturated carbocycles. The zero-order chi connectivity index (χ0) is 40.1. The number of aromatic nitrogens is 2. The largest absolute Gasteiger partial charge is 0.490 e. The van der Waals surface area contributed by atoms with Gasteiger partial charge >= 0.3 is 0 Å². The molecule has 3 atom stereocenters. The molecule has 9 rings (SSSR count). The Hall–Kier alpha value is -5.59. The quantitative estimate of drug-likeness (QED) is 0.317. The molecule has 0 radical (unpaired) electrons. The minimum Gasteiger partial charge on any atom is -0.490 e. The molecular formula is C42H44ClN9O6. The van der Waals surface area contributed by atoms with Crippen LogP contribution in [0.25, 0.3) is 0 Å². The van der Waals surface area contributed by atoms with E-state index in [0.29, 0.717) is 51.0 Å². The van der Waals surface area contributed by atoms with E-state index in [1.54, 1.807) is 36.4 Å². The van der Waals surface area contributed by atoms with Gasteiger partial charge in [0.25, 0.3) is 17.7 Å². The van der Waals surface area contributed by atoms with Gasteiger partial charge in [-0.15, -0.1) is 10.2 Å². The Morgan fingerprint density at radius 1 is 0.828 bits per heavy atom. The molecule has 2 aromatic carbocycles. The highest BCUT2D eigenvalue weighted by molar-refractivity contribution is 6.31. The van der Waals surface area contributed by atoms with Crippen molar-refractivity contribution in [2.45, 2.75) is 75.6 Å². The fraction of sp³-hybridized carbons (Fsp3) is 0.476. The lowest BCUT2D eigenvalue weighted by Gasteiger charge is -2.37. The molecular weight excluding hydrogens is 762 g/mol. The topological polar surface area (TPSA) is 181 Å². The van der Waals surface area contributed by atoms with Crippen LogP contribution >= 0.6 is 11.6 Å². The molecule has 16 heteroatoms. The number of fused-ring (bicyclic) bond motifs is 2. The van der Waals surface area contributed by atoms with Gasteiger partial charge in [-0.3, -0.25) is 39.1 Å². The number of nitrogens with one attached hydrogen (secondary N) is 2. The van der Waals surface area contributed by atoms with Gasteiger partial charge in [-0.1, -0.05) is 11.6 Å². The van der Waals surface area contributed by atoms with Gasteiger partial charge in [0, 0.05) is 69.5 Å². The number of hydrogen-bond acceptors (Lipinski definition) is 12. The average Bonchev–Trinajstić information content (AvgIpc) is 3.89. The second-order valence-electron chi connectivity index (χ2n) is 16.4. The molecule has 0 bridgehead atoms. The Balaban J connectivity index is 0.717. The molecule has 2 N–H and O–H groups in total. The maximum absolute atomic E-state index is 13.4. The van der Waals surface area contributed by atoms with Crippen LogP contribution < -0.4 is 25.2 Å². The molecule has 6 heterocycles. The van der Waals surface area contributed by atoms with Gasteiger partial charge in [0.15, 0.2) is 11.5 Å². The summed E-state index contributed by atoms with van der Waals surface area (Å²) in [4.78, 5) is 71.9. The fourth-order valence-corrected chi connectivity index (χ4v) is 9.92. The minimum absolute atomic E-state index is 0.0185. The minimum atomic E-state index is -0.974. The van der Waals surface area contributed by atoms with Crippen molar-refractivity contribution in [3.8, 4) is 11.8 Å². The van der Waals surface area contributed by atoms with Crippen molar-refractivity contribution in [1.82, 2.24) is 30.6 Å². The molecule has 300 valence electrons. The van der Waals surface area contributed by atoms with Gasteiger partial charge in [0.2, 0.25) is 11.8 Å². The highest BCUT2D eigenvalue weighted by Gasteiger charge is 2.46. The summed E-state index contributed by atoms with van der Waals surface area (Å²) in [6.45, 7) is 5.50. The van der Waals surface area contributed by atoms with Crippen LogP contribution in [0.5, 0.6) is 5.75 Å². The van der Waals surface area contributed by atoms with Crippen LogP contribution in [0.4, 0.5) is 11.5 Å². The predicted octanol–water partition coefficient (Wildman–Crippen LogP) is 3.56. The SMILES string of the molecule is N#Cc1ccc(OC2CCC(NC(=O)c3ccc(N4CCC(N5CC6CN(c7ccc8c(c7)C(=O)N(C7CCC(=O)NC7=O)C8=O)CC6C5)CC4)nn3)CC2)cc1Cl. The van der Waals surface area contributed by atoms with E-state index in [9.17, 15) is 24.0 Å². The molecule has 6 aliphatic rings. The Kier molecular flexibility index (Phi) is 10.2. The number of imide groups is 2. The first-order valence-electron chi connectivity index (χ1n) is 20.2. The monoisotopic (exact) mass is 805 g/mol. The number of rotatable bonds is 8. The van der Waals surface area contributed by atoms with Gasteiger partial charge in [0.1, 0.15) is 17.9 Å². The van der Waals surface area contributed by atoms with E-state index in [1.807, 2.05) is 12.1 Å². The standard InChI is InChI=1S/C42H44ClN9O6/c43-34-18-31(5-1-24(34)19-44)58-30-6-2-27(3-7-30)45-39(54)35-9-11-37(48-47-35)49-15-13-28(14-16-49)50-20-25-22-51(23-26(25)21-50)29-4-8-32-33(17-29)42(57)52(41(32)56)36-10-12-38(53)46-40(36)55/h1,4-5,8-9,11,17-18,25-28,30,36H,2-3,6-7,10,12-16,20-23H2,(H,45,54)(H,46,53,55). The van der Waals surface area contributed by atoms with E-state index >= 15 is 0 Å². The maximum atomic E-state index is 13.4. The highest BCUT2D eigenvalue weighted by Crippen LogP contribution is 2.38. The molecule has 5 amide bonds. The van der Waals surface area contributed by atoms with Crippen molar-refractivity contribution in [3.63, 3.8) is 0 Å². The van der Waals surface area contributed by atoms with Crippen LogP contribution in [0.2, 0.25) is 5.02 Å². The number of nitrogens with zero attached hydrogens (tertiary/aromatic N) is 7. The number of benzene rings is 2. The number of amides is 5. The first kappa shape index (κ1) is 38.0. The summed E-state index contributed by atoms with van der Waals surface area (Å²) in [6.07, 6.45) is 5.43. The van der Waals surface area contributed by atoms with Crippen LogP contribution in [0, 0.1) is 23.2 Å². The van der Waals surface area contributed by atoms with Gasteiger partial charge in [-0.2, -0.15) is 5.26 Å². The van der Waals surface area contributed by atoms with Crippen LogP contribution in [-0.2, 0) is 9.59 Å². The van der Waals surface area contributed by atoms with Crippen molar-refractivity contribution in [3.05, 3.63) is 75.9 Å². The van der Waals surface area contributed by atoms with Crippen LogP contribution in [-0.4, -0.2) is 113 Å². The molecule has 15 nitrogen and oxygen atoms in total. The van der Waals surface area contributed by atoms with E-state index in [0.717, 1.165) is 94.2 Å². The first-order chi connectivity index (χ1) is 28.1. The third kappa shape index (κ3) is 7.35. The Bertz CT molecular complexity index is 2180. The summed E-state index contributed by atoms with van der Waals surface area (Å²) in [5, 5.41) is 23.6. The summed E-state index contributed by atoms with van der Waals surface area (Å²) in [5.41, 5.74) is 2.24. The van der Waals surface area contributed by atoms with Crippen molar-refractivity contribution < 1.29 is 28.7 Å². The molecule has 4 saturated heterocycles. The highest BCUT2D eigenvalue weighted by atomic mass is 35.5. The summed E-state index contributed by atoms with van der Waals surface area (Å²) < 4.78 is 6.08. The van der Waals surface area contributed by atoms with Crippen molar-refractivity contribution >= 4 is 52.6 Å². The normalized spacial score (nSPS) is 26.3. The number of halogens is 1. The third-order valence-electron chi connectivity index (χ3n) is 12.9. The Morgan fingerprint density at radius 2 is 1.57 bits per heavy atom. The molecule has 3 unspecified atom stereocenters. The summed E-state index contributed by atoms with van der Waals surface area (Å²) >= 11 is 6.15. The van der Waals surface area contributed by atoms with E-state index in [2.05, 4.69) is 41.6 Å². The van der Waals surface area contributed by atoms with E-state index < -0.39 is 29.7 Å². The van der Waals surface area contributed by atoms with Crippen LogP contribution in [0.3, 0.4) is 0 Å². The van der Waals surface area contributed by atoms with E-state index in [1.165, 1.54) is 0 Å². The zero-order valence-electron chi connectivity index (χ0n) is 31.9. The smallest absolute Gasteiger partial charge is 0.272 e. The van der Waals surface area contributed by atoms with Crippen molar-refractivity contribution in [2.24, 2.45) is 11.8 Å². The number of nitriles is 1. The van der Waals surface area contributed by atoms with Gasteiger partial charge in [-0.05, 0) is 99.2 Å². The Labute approximate surface area is 340 Å². The molecule has 3 aromatic rings. The van der Waals surface area contributed by atoms with Crippen LogP contribution in [0.15, 0.2) is 48.5 Å². The summed E-state index contributed by atoms with van der Waals surface area (Å²) in [6, 6.07) is 15.7. The zero-order valence-corrected chi connectivity index (χ0v) is 32.7. The molecule has 1 aromatic heterocycles. The second kappa shape index (κ2) is 15.6. The number of carbonyl (C=O) groups excluding carboxylic acids is 5. The molecule has 0 spiro atoms. The molecule has 5 fully saturated rings. The number of ether oxygens (including phenoxy) is 1. The Morgan fingerprint density at radius 3 is 2.24 bits per heavy atom. The van der Waals surface area contributed by atoms with Gasteiger partial charge in [-0.25, -0.2) is 0 Å². The second-order valence-corrected chi connectivity index (χ2v) is 16.8. The van der Waals surface area contributed by atoms with Crippen molar-refractivity contribution in [1.29, 1.82) is 5.26 Å². The summed E-state index contributed by atoms with van der Waals surface area (Å²) in [5.74, 6) is 0.234. The molecule has 5 aliphatic heterocycles. The molecule has 1 aliphatic carbocycles. The van der Waals surface area contributed by atoms with Gasteiger partial charge < -0.3 is 19.9 Å². The lowest BCUT2D eigenvalue weighted by atomic mass is 9.93. The van der Waals surface area contributed by atoms with Crippen molar-refractivity contribution in [2.75, 3.05) is 49.1 Å². The predicted molar refractivity (Wildman–Crippen MR) is 211 cm³/mol. The number of anilines is 2. The maximum Gasteiger partial charge on any atom is 0.272 e. The lowest BCUT2D eigenvalue weighted by molar-refractivity contribution is -0.136. The summed E-state index contributed by atoms with van der Waals surface area (Å²) in [7, 11) is 0. The third-order valence-corrected chi connectivity index (χ3v) is 13.2. The number of likely N-dealkylation sites (tertiary alicyclic amines) is 1. The van der Waals surface area contributed by atoms with Gasteiger partial charge in [0.05, 0.1) is 27.8 Å². The van der Waals surface area contributed by atoms with E-state index in [4.69, 9.17) is 21.6 Å². The van der Waals surface area contributed by atoms with E-state index in [-0.39, 0.29) is 30.9 Å². The number of carbonyl (C=O) groups is 5. The lowest BCUT2D eigenvalue weighted by Crippen LogP contribution is -2.54. The number of hydrogen-bond donors (Lipinski definition) is 2. The average molecular weight is 806 g/mol. The fourth-order valence-electron chi connectivity index (χ4n) is 9.71.